The topological polar surface area (TPSA) is 45.6 Å². The Balaban J connectivity index is 1.23. The molecule has 178 valence electrons. The van der Waals surface area contributed by atoms with Crippen molar-refractivity contribution in [3.63, 3.8) is 0 Å². The highest BCUT2D eigenvalue weighted by Crippen LogP contribution is 2.64. The highest BCUT2D eigenvalue weighted by Gasteiger charge is 2.55. The van der Waals surface area contributed by atoms with Crippen molar-refractivity contribution in [2.75, 3.05) is 20.7 Å². The van der Waals surface area contributed by atoms with Gasteiger partial charge in [-0.25, -0.2) is 4.98 Å². The third-order valence-corrected chi connectivity index (χ3v) is 9.27. The Bertz CT molecular complexity index is 972. The van der Waals surface area contributed by atoms with Gasteiger partial charge in [-0.2, -0.15) is 0 Å². The standard InChI is InChI=1S/C29H40N2O2/c1-19-15-21-16-23(32)7-8-24(21)25-11-13-29(2)22(6-9-26(29)28(19)25)12-14-33-27-10-5-20(17-30-27)18-31(3)4/h5,7-8,10,16-17,19,22,25-26,28,32H,6,9,11-15,18H2,1-4H3/t19?,22-,25?,26?,28?,29?/m1/s1. The van der Waals surface area contributed by atoms with E-state index in [1.807, 2.05) is 24.4 Å². The molecule has 1 heterocycles. The molecule has 1 N–H and O–H groups in total. The van der Waals surface area contributed by atoms with Gasteiger partial charge in [-0.1, -0.05) is 26.0 Å². The molecule has 0 spiro atoms. The molecular weight excluding hydrogens is 408 g/mol. The number of rotatable bonds is 6. The molecule has 33 heavy (non-hydrogen) atoms. The molecule has 3 aliphatic carbocycles. The molecular formula is C29H40N2O2. The molecule has 4 heteroatoms. The van der Waals surface area contributed by atoms with Crippen molar-refractivity contribution >= 4 is 0 Å². The molecule has 0 amide bonds. The number of nitrogens with zero attached hydrogens (tertiary/aromatic N) is 2. The van der Waals surface area contributed by atoms with Crippen LogP contribution in [0.3, 0.4) is 0 Å². The van der Waals surface area contributed by atoms with Gasteiger partial charge in [-0.3, -0.25) is 0 Å². The molecule has 2 fully saturated rings. The Labute approximate surface area is 199 Å². The van der Waals surface area contributed by atoms with Gasteiger partial charge in [0.25, 0.3) is 0 Å². The number of ether oxygens (including phenoxy) is 1. The van der Waals surface area contributed by atoms with Crippen LogP contribution in [-0.2, 0) is 13.0 Å². The fourth-order valence-electron chi connectivity index (χ4n) is 7.81. The fraction of sp³-hybridized carbons (Fsp3) is 0.621. The lowest BCUT2D eigenvalue weighted by Crippen LogP contribution is -2.45. The molecule has 5 rings (SSSR count). The number of aromatic nitrogens is 1. The summed E-state index contributed by atoms with van der Waals surface area (Å²) in [5.41, 5.74) is 4.55. The van der Waals surface area contributed by atoms with Crippen LogP contribution in [-0.4, -0.2) is 35.7 Å². The SMILES string of the molecule is CC1Cc2cc(O)ccc2C2CCC3(C)C(CC[C@@H]3CCOc3ccc(CN(C)C)cn3)C12. The van der Waals surface area contributed by atoms with Crippen LogP contribution < -0.4 is 4.74 Å². The summed E-state index contributed by atoms with van der Waals surface area (Å²) in [6.07, 6.45) is 9.46. The van der Waals surface area contributed by atoms with Crippen molar-refractivity contribution in [2.24, 2.45) is 29.1 Å². The highest BCUT2D eigenvalue weighted by atomic mass is 16.5. The Hall–Kier alpha value is -2.07. The third kappa shape index (κ3) is 4.27. The van der Waals surface area contributed by atoms with Crippen LogP contribution in [0.2, 0.25) is 0 Å². The molecule has 1 aromatic carbocycles. The Kier molecular flexibility index (Phi) is 6.15. The van der Waals surface area contributed by atoms with Gasteiger partial charge in [0.2, 0.25) is 5.88 Å². The van der Waals surface area contributed by atoms with Gasteiger partial charge in [0.1, 0.15) is 5.75 Å². The van der Waals surface area contributed by atoms with Gasteiger partial charge in [-0.15, -0.1) is 0 Å². The van der Waals surface area contributed by atoms with Crippen molar-refractivity contribution < 1.29 is 9.84 Å². The Morgan fingerprint density at radius 3 is 2.76 bits per heavy atom. The van der Waals surface area contributed by atoms with Crippen LogP contribution in [0, 0.1) is 29.1 Å². The second kappa shape index (κ2) is 8.94. The molecule has 0 radical (unpaired) electrons. The van der Waals surface area contributed by atoms with E-state index in [4.69, 9.17) is 4.74 Å². The van der Waals surface area contributed by atoms with Crippen molar-refractivity contribution in [2.45, 2.75) is 64.8 Å². The fourth-order valence-corrected chi connectivity index (χ4v) is 7.81. The number of phenols is 1. The van der Waals surface area contributed by atoms with E-state index in [9.17, 15) is 5.11 Å². The maximum absolute atomic E-state index is 9.99. The number of fused-ring (bicyclic) bond motifs is 5. The van der Waals surface area contributed by atoms with Crippen molar-refractivity contribution in [1.29, 1.82) is 0 Å². The summed E-state index contributed by atoms with van der Waals surface area (Å²) < 4.78 is 6.09. The van der Waals surface area contributed by atoms with E-state index in [1.165, 1.54) is 42.4 Å². The van der Waals surface area contributed by atoms with E-state index in [1.54, 1.807) is 0 Å². The molecule has 1 aromatic heterocycles. The second-order valence-electron chi connectivity index (χ2n) is 11.6. The first-order valence-corrected chi connectivity index (χ1v) is 12.9. The van der Waals surface area contributed by atoms with E-state index in [0.717, 1.165) is 49.6 Å². The van der Waals surface area contributed by atoms with Crippen LogP contribution in [0.5, 0.6) is 11.6 Å². The quantitative estimate of drug-likeness (QED) is 0.585. The first-order valence-electron chi connectivity index (χ1n) is 12.9. The molecule has 3 aliphatic rings. The first-order chi connectivity index (χ1) is 15.8. The number of benzene rings is 1. The lowest BCUT2D eigenvalue weighted by atomic mass is 9.51. The minimum absolute atomic E-state index is 0.419. The van der Waals surface area contributed by atoms with E-state index in [2.05, 4.69) is 50.0 Å². The van der Waals surface area contributed by atoms with Gasteiger partial charge in [0.05, 0.1) is 6.61 Å². The largest absolute Gasteiger partial charge is 0.508 e. The van der Waals surface area contributed by atoms with Crippen LogP contribution in [0.1, 0.15) is 68.6 Å². The zero-order valence-electron chi connectivity index (χ0n) is 20.8. The summed E-state index contributed by atoms with van der Waals surface area (Å²) in [6.45, 7) is 6.71. The summed E-state index contributed by atoms with van der Waals surface area (Å²) in [7, 11) is 4.15. The first kappa shape index (κ1) is 22.7. The molecule has 5 unspecified atom stereocenters. The van der Waals surface area contributed by atoms with Crippen LogP contribution in [0.25, 0.3) is 0 Å². The summed E-state index contributed by atoms with van der Waals surface area (Å²) in [6, 6.07) is 10.3. The smallest absolute Gasteiger partial charge is 0.213 e. The van der Waals surface area contributed by atoms with E-state index in [0.29, 0.717) is 23.0 Å². The average molecular weight is 449 g/mol. The Morgan fingerprint density at radius 1 is 1.15 bits per heavy atom. The lowest BCUT2D eigenvalue weighted by Gasteiger charge is -2.53. The normalized spacial score (nSPS) is 32.8. The number of aromatic hydroxyl groups is 1. The summed E-state index contributed by atoms with van der Waals surface area (Å²) >= 11 is 0. The lowest BCUT2D eigenvalue weighted by molar-refractivity contribution is 0.000805. The molecule has 4 nitrogen and oxygen atoms in total. The third-order valence-electron chi connectivity index (χ3n) is 9.27. The predicted octanol–water partition coefficient (Wildman–Crippen LogP) is 6.04. The van der Waals surface area contributed by atoms with E-state index >= 15 is 0 Å². The summed E-state index contributed by atoms with van der Waals surface area (Å²) in [5, 5.41) is 9.99. The van der Waals surface area contributed by atoms with E-state index in [-0.39, 0.29) is 0 Å². The number of hydrogen-bond acceptors (Lipinski definition) is 4. The molecule has 0 aliphatic heterocycles. The second-order valence-corrected chi connectivity index (χ2v) is 11.6. The van der Waals surface area contributed by atoms with Crippen LogP contribution in [0.4, 0.5) is 0 Å². The van der Waals surface area contributed by atoms with Crippen LogP contribution >= 0.6 is 0 Å². The minimum atomic E-state index is 0.419. The van der Waals surface area contributed by atoms with Gasteiger partial charge >= 0.3 is 0 Å². The van der Waals surface area contributed by atoms with Crippen molar-refractivity contribution in [3.8, 4) is 11.6 Å². The minimum Gasteiger partial charge on any atom is -0.508 e. The van der Waals surface area contributed by atoms with Gasteiger partial charge in [0.15, 0.2) is 0 Å². The zero-order chi connectivity index (χ0) is 23.2. The average Bonchev–Trinajstić information content (AvgIpc) is 3.10. The number of pyridine rings is 1. The number of phenolic OH excluding ortho intramolecular Hbond substituents is 1. The maximum atomic E-state index is 9.99. The van der Waals surface area contributed by atoms with Crippen molar-refractivity contribution in [3.05, 3.63) is 53.2 Å². The van der Waals surface area contributed by atoms with Gasteiger partial charge in [-0.05, 0) is 116 Å². The molecule has 6 atom stereocenters. The number of hydrogen-bond donors (Lipinski definition) is 1. The maximum Gasteiger partial charge on any atom is 0.213 e. The van der Waals surface area contributed by atoms with Crippen molar-refractivity contribution in [1.82, 2.24) is 9.88 Å². The monoisotopic (exact) mass is 448 g/mol. The van der Waals surface area contributed by atoms with Gasteiger partial charge < -0.3 is 14.7 Å². The highest BCUT2D eigenvalue weighted by molar-refractivity contribution is 5.40. The summed E-state index contributed by atoms with van der Waals surface area (Å²) in [5.74, 6) is 4.85. The Morgan fingerprint density at radius 2 is 2.00 bits per heavy atom. The molecule has 2 aromatic rings. The summed E-state index contributed by atoms with van der Waals surface area (Å²) in [4.78, 5) is 6.67. The zero-order valence-corrected chi connectivity index (χ0v) is 20.8. The predicted molar refractivity (Wildman–Crippen MR) is 133 cm³/mol. The van der Waals surface area contributed by atoms with E-state index < -0.39 is 0 Å². The van der Waals surface area contributed by atoms with Gasteiger partial charge in [0, 0.05) is 18.8 Å². The molecule has 0 saturated heterocycles. The van der Waals surface area contributed by atoms with Crippen LogP contribution in [0.15, 0.2) is 36.5 Å². The molecule has 0 bridgehead atoms. The molecule has 2 saturated carbocycles.